The van der Waals surface area contributed by atoms with Crippen LogP contribution < -0.4 is 11.1 Å². The first-order chi connectivity index (χ1) is 7.11. The van der Waals surface area contributed by atoms with Gasteiger partial charge in [0.1, 0.15) is 5.75 Å². The van der Waals surface area contributed by atoms with E-state index in [1.165, 1.54) is 0 Å². The topological polar surface area (TPSA) is 75.4 Å². The summed E-state index contributed by atoms with van der Waals surface area (Å²) in [7, 11) is 0. The Morgan fingerprint density at radius 2 is 2.27 bits per heavy atom. The summed E-state index contributed by atoms with van der Waals surface area (Å²) in [6, 6.07) is 5.43. The lowest BCUT2D eigenvalue weighted by Crippen LogP contribution is -2.21. The Morgan fingerprint density at radius 1 is 1.53 bits per heavy atom. The van der Waals surface area contributed by atoms with Crippen molar-refractivity contribution in [2.45, 2.75) is 13.0 Å². The van der Waals surface area contributed by atoms with Gasteiger partial charge in [0.25, 0.3) is 0 Å². The number of carbonyl (C=O) groups excluding carboxylic acids is 1. The van der Waals surface area contributed by atoms with Crippen molar-refractivity contribution in [1.82, 2.24) is 5.32 Å². The summed E-state index contributed by atoms with van der Waals surface area (Å²) in [6.45, 7) is 1.03. The van der Waals surface area contributed by atoms with Crippen LogP contribution in [0.4, 0.5) is 0 Å². The van der Waals surface area contributed by atoms with Crippen LogP contribution in [0.25, 0.3) is 0 Å². The lowest BCUT2D eigenvalue weighted by molar-refractivity contribution is -0.117. The second-order valence-corrected chi connectivity index (χ2v) is 3.99. The van der Waals surface area contributed by atoms with E-state index in [-0.39, 0.29) is 11.7 Å². The van der Waals surface area contributed by atoms with Gasteiger partial charge in [-0.1, -0.05) is 12.1 Å². The lowest BCUT2D eigenvalue weighted by atomic mass is 10.2. The molecular weight excluding hydrogens is 260 g/mol. The molecule has 0 aromatic heterocycles. The number of rotatable bonds is 5. The third kappa shape index (κ3) is 3.89. The Kier molecular flexibility index (Phi) is 4.58. The van der Waals surface area contributed by atoms with Gasteiger partial charge in [-0.25, -0.2) is 0 Å². The first-order valence-corrected chi connectivity index (χ1v) is 5.36. The molecule has 0 radical (unpaired) electrons. The molecule has 1 rings (SSSR count). The average molecular weight is 273 g/mol. The highest BCUT2D eigenvalue weighted by molar-refractivity contribution is 9.10. The largest absolute Gasteiger partial charge is 0.506 e. The molecule has 0 aliphatic carbocycles. The molecule has 0 spiro atoms. The molecule has 0 unspecified atom stereocenters. The maximum atomic E-state index is 10.5. The molecule has 0 heterocycles. The lowest BCUT2D eigenvalue weighted by Gasteiger charge is -2.06. The van der Waals surface area contributed by atoms with E-state index < -0.39 is 0 Å². The molecule has 0 saturated heterocycles. The predicted molar refractivity (Wildman–Crippen MR) is 61.3 cm³/mol. The number of hydrogen-bond donors (Lipinski definition) is 3. The summed E-state index contributed by atoms with van der Waals surface area (Å²) < 4.78 is 0.664. The van der Waals surface area contributed by atoms with Gasteiger partial charge in [0, 0.05) is 25.1 Å². The number of para-hydroxylation sites is 1. The number of phenols is 1. The van der Waals surface area contributed by atoms with Crippen LogP contribution in [0.5, 0.6) is 5.75 Å². The van der Waals surface area contributed by atoms with Gasteiger partial charge in [-0.3, -0.25) is 4.79 Å². The fourth-order valence-corrected chi connectivity index (χ4v) is 1.54. The zero-order valence-corrected chi connectivity index (χ0v) is 9.75. The molecule has 1 amide bonds. The molecule has 0 aliphatic rings. The summed E-state index contributed by atoms with van der Waals surface area (Å²) in [4.78, 5) is 10.5. The van der Waals surface area contributed by atoms with E-state index in [1.807, 2.05) is 12.1 Å². The van der Waals surface area contributed by atoms with Crippen LogP contribution in [-0.2, 0) is 11.3 Å². The summed E-state index contributed by atoms with van der Waals surface area (Å²) in [5.74, 6) is -0.106. The van der Waals surface area contributed by atoms with Crippen LogP contribution in [0.2, 0.25) is 0 Å². The molecular formula is C10H13BrN2O2. The predicted octanol–water partition coefficient (Wildman–Crippen LogP) is 1.12. The normalized spacial score (nSPS) is 10.2. The van der Waals surface area contributed by atoms with Gasteiger partial charge in [-0.05, 0) is 22.0 Å². The van der Waals surface area contributed by atoms with Crippen LogP contribution in [0.3, 0.4) is 0 Å². The number of hydrogen-bond acceptors (Lipinski definition) is 3. The standard InChI is InChI=1S/C10H13BrN2O2/c11-8-3-1-2-7(10(8)15)6-13-5-4-9(12)14/h1-3,13,15H,4-6H2,(H2,12,14). The van der Waals surface area contributed by atoms with Crippen molar-refractivity contribution in [2.75, 3.05) is 6.54 Å². The number of benzene rings is 1. The fraction of sp³-hybridized carbons (Fsp3) is 0.300. The Bertz CT molecular complexity index is 355. The number of nitrogens with one attached hydrogen (secondary N) is 1. The highest BCUT2D eigenvalue weighted by Crippen LogP contribution is 2.26. The Balaban J connectivity index is 2.44. The third-order valence-electron chi connectivity index (χ3n) is 1.93. The van der Waals surface area contributed by atoms with Crippen molar-refractivity contribution in [3.05, 3.63) is 28.2 Å². The molecule has 0 saturated carbocycles. The van der Waals surface area contributed by atoms with Gasteiger partial charge in [-0.15, -0.1) is 0 Å². The van der Waals surface area contributed by atoms with Gasteiger partial charge in [0.2, 0.25) is 5.91 Å². The van der Waals surface area contributed by atoms with Crippen molar-refractivity contribution in [2.24, 2.45) is 5.73 Å². The Morgan fingerprint density at radius 3 is 2.93 bits per heavy atom. The molecule has 4 nitrogen and oxygen atoms in total. The molecule has 4 N–H and O–H groups in total. The smallest absolute Gasteiger partial charge is 0.218 e. The van der Waals surface area contributed by atoms with E-state index in [9.17, 15) is 9.90 Å². The van der Waals surface area contributed by atoms with Crippen molar-refractivity contribution in [3.63, 3.8) is 0 Å². The molecule has 0 atom stereocenters. The van der Waals surface area contributed by atoms with Gasteiger partial charge in [-0.2, -0.15) is 0 Å². The summed E-state index contributed by atoms with van der Waals surface area (Å²) in [5.41, 5.74) is 5.78. The van der Waals surface area contributed by atoms with Crippen molar-refractivity contribution in [3.8, 4) is 5.75 Å². The average Bonchev–Trinajstić information content (AvgIpc) is 2.18. The van der Waals surface area contributed by atoms with Crippen molar-refractivity contribution in [1.29, 1.82) is 0 Å². The van der Waals surface area contributed by atoms with E-state index in [4.69, 9.17) is 5.73 Å². The number of aromatic hydroxyl groups is 1. The quantitative estimate of drug-likeness (QED) is 0.704. The van der Waals surface area contributed by atoms with E-state index in [0.29, 0.717) is 24.0 Å². The maximum Gasteiger partial charge on any atom is 0.218 e. The minimum absolute atomic E-state index is 0.226. The van der Waals surface area contributed by atoms with Gasteiger partial charge in [0.05, 0.1) is 4.47 Å². The molecule has 0 aliphatic heterocycles. The van der Waals surface area contributed by atoms with E-state index in [1.54, 1.807) is 6.07 Å². The second-order valence-electron chi connectivity index (χ2n) is 3.14. The first kappa shape index (κ1) is 12.0. The fourth-order valence-electron chi connectivity index (χ4n) is 1.14. The number of carbonyl (C=O) groups is 1. The van der Waals surface area contributed by atoms with E-state index in [0.717, 1.165) is 5.56 Å². The summed E-state index contributed by atoms with van der Waals surface area (Å²) in [5, 5.41) is 12.6. The number of amides is 1. The third-order valence-corrected chi connectivity index (χ3v) is 2.57. The highest BCUT2D eigenvalue weighted by atomic mass is 79.9. The number of nitrogens with two attached hydrogens (primary N) is 1. The minimum Gasteiger partial charge on any atom is -0.506 e. The number of halogens is 1. The summed E-state index contributed by atoms with van der Waals surface area (Å²) >= 11 is 3.23. The molecule has 0 fully saturated rings. The Labute approximate surface area is 96.6 Å². The van der Waals surface area contributed by atoms with E-state index in [2.05, 4.69) is 21.2 Å². The van der Waals surface area contributed by atoms with Crippen LogP contribution in [0.15, 0.2) is 22.7 Å². The van der Waals surface area contributed by atoms with Crippen LogP contribution >= 0.6 is 15.9 Å². The van der Waals surface area contributed by atoms with Crippen molar-refractivity contribution >= 4 is 21.8 Å². The van der Waals surface area contributed by atoms with Crippen LogP contribution in [-0.4, -0.2) is 17.6 Å². The molecule has 0 bridgehead atoms. The maximum absolute atomic E-state index is 10.5. The second kappa shape index (κ2) is 5.72. The molecule has 5 heteroatoms. The van der Waals surface area contributed by atoms with Crippen LogP contribution in [0.1, 0.15) is 12.0 Å². The summed E-state index contributed by atoms with van der Waals surface area (Å²) in [6.07, 6.45) is 0.300. The zero-order chi connectivity index (χ0) is 11.3. The van der Waals surface area contributed by atoms with Crippen molar-refractivity contribution < 1.29 is 9.90 Å². The molecule has 15 heavy (non-hydrogen) atoms. The van der Waals surface area contributed by atoms with Gasteiger partial charge >= 0.3 is 0 Å². The Hall–Kier alpha value is -1.07. The van der Waals surface area contributed by atoms with Gasteiger partial charge in [0.15, 0.2) is 0 Å². The highest BCUT2D eigenvalue weighted by Gasteiger charge is 2.03. The van der Waals surface area contributed by atoms with E-state index >= 15 is 0 Å². The number of phenolic OH excluding ortho intramolecular Hbond substituents is 1. The van der Waals surface area contributed by atoms with Gasteiger partial charge < -0.3 is 16.2 Å². The SMILES string of the molecule is NC(=O)CCNCc1cccc(Br)c1O. The molecule has 82 valence electrons. The molecule has 1 aromatic rings. The molecule has 1 aromatic carbocycles. The minimum atomic E-state index is -0.332. The first-order valence-electron chi connectivity index (χ1n) is 4.56. The van der Waals surface area contributed by atoms with Crippen LogP contribution in [0, 0.1) is 0 Å². The number of primary amides is 1. The zero-order valence-electron chi connectivity index (χ0n) is 8.16. The monoisotopic (exact) mass is 272 g/mol.